The van der Waals surface area contributed by atoms with Crippen LogP contribution in [0.25, 0.3) is 0 Å². The molecule has 296 valence electrons. The molecule has 0 spiro atoms. The Labute approximate surface area is 334 Å². The first-order valence-corrected chi connectivity index (χ1v) is 17.6. The number of benzene rings is 5. The number of carbonyl (C=O) groups excluding carboxylic acids is 8. The van der Waals surface area contributed by atoms with Gasteiger partial charge in [0, 0.05) is 11.6 Å². The van der Waals surface area contributed by atoms with E-state index >= 15 is 0 Å². The molecule has 0 bridgehead atoms. The van der Waals surface area contributed by atoms with E-state index in [9.17, 15) is 38.4 Å². The molecule has 0 saturated carbocycles. The van der Waals surface area contributed by atoms with Crippen LogP contribution < -0.4 is 29.5 Å². The smallest absolute Gasteiger partial charge is 0.343 e. The fourth-order valence-electron chi connectivity index (χ4n) is 6.13. The zero-order chi connectivity index (χ0) is 42.3. The highest BCUT2D eigenvalue weighted by molar-refractivity contribution is 6.23. The van der Waals surface area contributed by atoms with Gasteiger partial charge in [-0.05, 0) is 118 Å². The lowest BCUT2D eigenvalue weighted by Crippen LogP contribution is -2.45. The summed E-state index contributed by atoms with van der Waals surface area (Å²) < 4.78 is 27.1. The number of hydrogen-bond acceptors (Lipinski definition) is 14. The van der Waals surface area contributed by atoms with Gasteiger partial charge in [0.25, 0.3) is 23.6 Å². The van der Waals surface area contributed by atoms with Crippen LogP contribution in [0.2, 0.25) is 0 Å². The number of amides is 4. The van der Waals surface area contributed by atoms with Gasteiger partial charge in [0.1, 0.15) is 17.2 Å². The Balaban J connectivity index is 0.935. The first kappa shape index (κ1) is 39.3. The average Bonchev–Trinajstić information content (AvgIpc) is 3.60. The molecule has 0 aliphatic carbocycles. The van der Waals surface area contributed by atoms with E-state index in [1.807, 2.05) is 0 Å². The van der Waals surface area contributed by atoms with Gasteiger partial charge < -0.3 is 23.7 Å². The van der Waals surface area contributed by atoms with Crippen molar-refractivity contribution in [1.29, 1.82) is 0 Å². The van der Waals surface area contributed by atoms with Gasteiger partial charge in [-0.2, -0.15) is 0 Å². The molecule has 0 fully saturated rings. The van der Waals surface area contributed by atoms with Gasteiger partial charge in [0.05, 0.1) is 51.6 Å². The van der Waals surface area contributed by atoms with Crippen LogP contribution in [0.15, 0.2) is 103 Å². The number of nitrogens with two attached hydrogens (primary N) is 1. The predicted octanol–water partition coefficient (Wildman–Crippen LogP) is 5.44. The minimum Gasteiger partial charge on any atom is -0.493 e. The van der Waals surface area contributed by atoms with E-state index in [2.05, 4.69) is 0 Å². The summed E-state index contributed by atoms with van der Waals surface area (Å²) >= 11 is 0. The third-order valence-corrected chi connectivity index (χ3v) is 9.10. The highest BCUT2D eigenvalue weighted by Crippen LogP contribution is 2.33. The lowest BCUT2D eigenvalue weighted by molar-refractivity contribution is 0.0504. The van der Waals surface area contributed by atoms with E-state index in [4.69, 9.17) is 29.5 Å². The summed E-state index contributed by atoms with van der Waals surface area (Å²) in [6.07, 6.45) is 0. The second-order valence-electron chi connectivity index (χ2n) is 14.0. The molecule has 0 unspecified atom stereocenters. The Morgan fingerprint density at radius 3 is 1.36 bits per heavy atom. The molecule has 0 atom stereocenters. The van der Waals surface area contributed by atoms with Gasteiger partial charge in [-0.15, -0.1) is 0 Å². The fourth-order valence-corrected chi connectivity index (χ4v) is 6.13. The number of ether oxygens (including phenoxy) is 5. The number of hydrogen-bond donors (Lipinski definition) is 1. The Kier molecular flexibility index (Phi) is 10.1. The Hall–Kier alpha value is -7.98. The van der Waals surface area contributed by atoms with Crippen molar-refractivity contribution < 1.29 is 62.0 Å². The fraction of sp³-hybridized carbons (Fsp3) is 0.116. The SMILES string of the molecule is COc1cc(OC(=O)c2ccc(OC(=O)c3ccc4c(c3)C(=O)N(C(C)(C)C)C4=O)cc2)ccc1OC(=O)c1ccc(OC(=O)c2ccc3c(c2)C(=O)N(N)C3=O)cc1. The number of rotatable bonds is 9. The molecule has 5 aromatic carbocycles. The normalized spacial score (nSPS) is 13.2. The summed E-state index contributed by atoms with van der Waals surface area (Å²) in [4.78, 5) is 103. The second-order valence-corrected chi connectivity index (χ2v) is 14.0. The van der Waals surface area contributed by atoms with Crippen LogP contribution in [-0.4, -0.2) is 70.1 Å². The molecule has 4 amide bonds. The molecule has 2 aliphatic heterocycles. The van der Waals surface area contributed by atoms with Crippen LogP contribution >= 0.6 is 0 Å². The molecule has 0 radical (unpaired) electrons. The summed E-state index contributed by atoms with van der Waals surface area (Å²) in [5, 5.41) is 0.458. The van der Waals surface area contributed by atoms with Crippen LogP contribution in [0, 0.1) is 0 Å². The zero-order valence-corrected chi connectivity index (χ0v) is 31.6. The van der Waals surface area contributed by atoms with E-state index < -0.39 is 53.0 Å². The van der Waals surface area contributed by atoms with Gasteiger partial charge in [0.15, 0.2) is 11.5 Å². The first-order valence-electron chi connectivity index (χ1n) is 17.6. The van der Waals surface area contributed by atoms with E-state index in [-0.39, 0.29) is 73.3 Å². The van der Waals surface area contributed by atoms with Gasteiger partial charge in [-0.3, -0.25) is 24.1 Å². The second kappa shape index (κ2) is 15.2. The van der Waals surface area contributed by atoms with E-state index in [1.165, 1.54) is 110 Å². The largest absolute Gasteiger partial charge is 0.493 e. The van der Waals surface area contributed by atoms with Crippen LogP contribution in [0.1, 0.15) is 104 Å². The summed E-state index contributed by atoms with van der Waals surface area (Å²) in [6, 6.07) is 23.0. The van der Waals surface area contributed by atoms with Crippen molar-refractivity contribution in [2.45, 2.75) is 26.3 Å². The lowest BCUT2D eigenvalue weighted by atomic mass is 10.1. The minimum absolute atomic E-state index is 0.00289. The maximum atomic E-state index is 13.0. The Bertz CT molecular complexity index is 2650. The maximum absolute atomic E-state index is 13.0. The van der Waals surface area contributed by atoms with Crippen molar-refractivity contribution in [3.05, 3.63) is 148 Å². The Morgan fingerprint density at radius 2 is 0.847 bits per heavy atom. The molecular weight excluding hydrogens is 766 g/mol. The van der Waals surface area contributed by atoms with E-state index in [0.29, 0.717) is 5.01 Å². The molecule has 5 aromatic rings. The third kappa shape index (κ3) is 7.62. The van der Waals surface area contributed by atoms with Crippen LogP contribution in [0.4, 0.5) is 0 Å². The zero-order valence-electron chi connectivity index (χ0n) is 31.6. The monoisotopic (exact) mass is 797 g/mol. The van der Waals surface area contributed by atoms with Crippen molar-refractivity contribution in [2.75, 3.05) is 7.11 Å². The number of carbonyl (C=O) groups is 8. The van der Waals surface area contributed by atoms with Gasteiger partial charge in [0.2, 0.25) is 0 Å². The van der Waals surface area contributed by atoms with Crippen LogP contribution in [0.5, 0.6) is 28.7 Å². The summed E-state index contributed by atoms with van der Waals surface area (Å²) in [5.74, 6) is 0.242. The summed E-state index contributed by atoms with van der Waals surface area (Å²) in [5.41, 5.74) is -0.142. The molecule has 2 N–H and O–H groups in total. The third-order valence-electron chi connectivity index (χ3n) is 9.10. The minimum atomic E-state index is -0.817. The Morgan fingerprint density at radius 1 is 0.458 bits per heavy atom. The van der Waals surface area contributed by atoms with Gasteiger partial charge in [-0.25, -0.2) is 30.0 Å². The molecule has 2 aliphatic rings. The number of fused-ring (bicyclic) bond motifs is 2. The number of imide groups is 2. The highest BCUT2D eigenvalue weighted by atomic mass is 16.6. The van der Waals surface area contributed by atoms with Gasteiger partial charge in [-0.1, -0.05) is 0 Å². The lowest BCUT2D eigenvalue weighted by Gasteiger charge is -2.29. The van der Waals surface area contributed by atoms with Crippen molar-refractivity contribution >= 4 is 47.5 Å². The standard InChI is InChI=1S/C43H31N3O13/c1-43(2,3)45-35(47)29-16-9-24(19-31(29)36(45)48)41(53)56-26-11-5-22(6-12-26)39(51)58-28-15-18-33(34(21-28)55-4)59-40(52)23-7-13-27(14-8-23)57-42(54)25-10-17-30-32(20-25)38(50)46(44)37(30)49/h5-21H,44H2,1-4H3. The maximum Gasteiger partial charge on any atom is 0.343 e. The van der Waals surface area contributed by atoms with E-state index in [1.54, 1.807) is 20.8 Å². The van der Waals surface area contributed by atoms with Crippen LogP contribution in [0.3, 0.4) is 0 Å². The molecule has 16 nitrogen and oxygen atoms in total. The quantitative estimate of drug-likeness (QED) is 0.0647. The van der Waals surface area contributed by atoms with Crippen molar-refractivity contribution in [2.24, 2.45) is 5.84 Å². The average molecular weight is 798 g/mol. The number of methoxy groups -OCH3 is 1. The van der Waals surface area contributed by atoms with Crippen molar-refractivity contribution in [3.8, 4) is 28.7 Å². The topological polar surface area (TPSA) is 215 Å². The molecule has 59 heavy (non-hydrogen) atoms. The number of esters is 4. The van der Waals surface area contributed by atoms with Crippen LogP contribution in [-0.2, 0) is 0 Å². The molecule has 7 rings (SSSR count). The first-order chi connectivity index (χ1) is 28.0. The number of hydrazine groups is 1. The van der Waals surface area contributed by atoms with Gasteiger partial charge >= 0.3 is 23.9 Å². The molecule has 16 heteroatoms. The number of nitrogens with zero attached hydrogens (tertiary/aromatic N) is 2. The molecule has 2 heterocycles. The summed E-state index contributed by atoms with van der Waals surface area (Å²) in [7, 11) is 1.32. The van der Waals surface area contributed by atoms with E-state index in [0.717, 1.165) is 4.90 Å². The summed E-state index contributed by atoms with van der Waals surface area (Å²) in [6.45, 7) is 5.21. The molecule has 0 aromatic heterocycles. The van der Waals surface area contributed by atoms with Crippen molar-refractivity contribution in [3.63, 3.8) is 0 Å². The molecule has 0 saturated heterocycles. The predicted molar refractivity (Wildman–Crippen MR) is 204 cm³/mol. The highest BCUT2D eigenvalue weighted by Gasteiger charge is 2.42. The molecular formula is C43H31N3O13. The van der Waals surface area contributed by atoms with Crippen molar-refractivity contribution in [1.82, 2.24) is 9.91 Å².